The van der Waals surface area contributed by atoms with Crippen molar-refractivity contribution in [2.45, 2.75) is 19.9 Å². The van der Waals surface area contributed by atoms with Gasteiger partial charge in [0.05, 0.1) is 4.34 Å². The molecule has 0 saturated heterocycles. The summed E-state index contributed by atoms with van der Waals surface area (Å²) in [5.41, 5.74) is 2.52. The summed E-state index contributed by atoms with van der Waals surface area (Å²) in [4.78, 5) is 5.51. The number of aryl methyl sites for hydroxylation is 1. The zero-order chi connectivity index (χ0) is 15.1. The van der Waals surface area contributed by atoms with Crippen molar-refractivity contribution < 1.29 is 0 Å². The Morgan fingerprint density at radius 3 is 2.68 bits per heavy atom. The fourth-order valence-electron chi connectivity index (χ4n) is 2.02. The second kappa shape index (κ2) is 10.1. The van der Waals surface area contributed by atoms with Crippen LogP contribution in [-0.2, 0) is 13.0 Å². The highest BCUT2D eigenvalue weighted by atomic mass is 127. The van der Waals surface area contributed by atoms with Gasteiger partial charge in [-0.2, -0.15) is 0 Å². The topological polar surface area (TPSA) is 36.4 Å². The molecule has 0 radical (unpaired) electrons. The number of hydrogen-bond acceptors (Lipinski definition) is 2. The summed E-state index contributed by atoms with van der Waals surface area (Å²) >= 11 is 7.55. The maximum atomic E-state index is 5.92. The Labute approximate surface area is 158 Å². The number of nitrogens with one attached hydrogen (secondary N) is 2. The number of guanidine groups is 1. The Bertz CT molecular complexity index is 613. The molecular formula is C16H21ClIN3S. The quantitative estimate of drug-likeness (QED) is 0.407. The fourth-order valence-corrected chi connectivity index (χ4v) is 3.11. The molecule has 0 amide bonds. The first-order valence-corrected chi connectivity index (χ1v) is 8.11. The first kappa shape index (κ1) is 19.3. The molecular weight excluding hydrogens is 429 g/mol. The number of hydrogen-bond donors (Lipinski definition) is 2. The Hall–Kier alpha value is -0.790. The van der Waals surface area contributed by atoms with Gasteiger partial charge in [0, 0.05) is 25.0 Å². The van der Waals surface area contributed by atoms with Crippen LogP contribution >= 0.6 is 46.9 Å². The van der Waals surface area contributed by atoms with Crippen LogP contribution in [0.4, 0.5) is 0 Å². The SMILES string of the molecule is CN=C(NCCc1ccc(Cl)s1)NCc1cccc(C)c1.I. The summed E-state index contributed by atoms with van der Waals surface area (Å²) in [6.07, 6.45) is 0.947. The van der Waals surface area contributed by atoms with Gasteiger partial charge in [0.25, 0.3) is 0 Å². The molecule has 1 aromatic heterocycles. The molecule has 1 aromatic carbocycles. The number of halogens is 2. The van der Waals surface area contributed by atoms with E-state index in [0.29, 0.717) is 0 Å². The van der Waals surface area contributed by atoms with Crippen LogP contribution in [0, 0.1) is 6.92 Å². The average Bonchev–Trinajstić information content (AvgIpc) is 2.88. The van der Waals surface area contributed by atoms with E-state index in [4.69, 9.17) is 11.6 Å². The third-order valence-corrected chi connectivity index (χ3v) is 4.35. The van der Waals surface area contributed by atoms with Crippen LogP contribution in [0.2, 0.25) is 4.34 Å². The van der Waals surface area contributed by atoms with Crippen molar-refractivity contribution in [1.29, 1.82) is 0 Å². The molecule has 0 atom stereocenters. The van der Waals surface area contributed by atoms with E-state index in [1.165, 1.54) is 16.0 Å². The normalized spacial score (nSPS) is 11.0. The Balaban J connectivity index is 0.00000242. The van der Waals surface area contributed by atoms with Gasteiger partial charge in [-0.15, -0.1) is 35.3 Å². The van der Waals surface area contributed by atoms with Gasteiger partial charge >= 0.3 is 0 Å². The lowest BCUT2D eigenvalue weighted by molar-refractivity contribution is 0.799. The molecule has 120 valence electrons. The molecule has 2 aromatic rings. The maximum Gasteiger partial charge on any atom is 0.191 e. The Morgan fingerprint density at radius 2 is 2.05 bits per heavy atom. The number of aliphatic imine (C=N–C) groups is 1. The minimum Gasteiger partial charge on any atom is -0.356 e. The molecule has 0 fully saturated rings. The van der Waals surface area contributed by atoms with Crippen LogP contribution in [0.15, 0.2) is 41.4 Å². The highest BCUT2D eigenvalue weighted by Gasteiger charge is 2.01. The van der Waals surface area contributed by atoms with Crippen molar-refractivity contribution in [1.82, 2.24) is 10.6 Å². The van der Waals surface area contributed by atoms with E-state index in [-0.39, 0.29) is 24.0 Å². The highest BCUT2D eigenvalue weighted by Crippen LogP contribution is 2.21. The summed E-state index contributed by atoms with van der Waals surface area (Å²) in [6.45, 7) is 3.71. The predicted molar refractivity (Wildman–Crippen MR) is 108 cm³/mol. The molecule has 0 aliphatic carbocycles. The maximum absolute atomic E-state index is 5.92. The standard InChI is InChI=1S/C16H20ClN3S.HI/c1-12-4-3-5-13(10-12)11-20-16(18-2)19-9-8-14-6-7-15(17)21-14;/h3-7,10H,8-9,11H2,1-2H3,(H2,18,19,20);1H. The van der Waals surface area contributed by atoms with Crippen LogP contribution in [0.1, 0.15) is 16.0 Å². The zero-order valence-corrected chi connectivity index (χ0v) is 16.6. The summed E-state index contributed by atoms with van der Waals surface area (Å²) in [5, 5.41) is 6.64. The largest absolute Gasteiger partial charge is 0.356 e. The van der Waals surface area contributed by atoms with Crippen LogP contribution in [0.5, 0.6) is 0 Å². The average molecular weight is 450 g/mol. The molecule has 0 unspecified atom stereocenters. The van der Waals surface area contributed by atoms with Crippen LogP contribution in [0.3, 0.4) is 0 Å². The number of nitrogens with zero attached hydrogens (tertiary/aromatic N) is 1. The van der Waals surface area contributed by atoms with Gasteiger partial charge in [0.1, 0.15) is 0 Å². The minimum atomic E-state index is 0. The van der Waals surface area contributed by atoms with E-state index in [9.17, 15) is 0 Å². The monoisotopic (exact) mass is 449 g/mol. The van der Waals surface area contributed by atoms with Crippen molar-refractivity contribution in [3.8, 4) is 0 Å². The van der Waals surface area contributed by atoms with Gasteiger partial charge in [-0.25, -0.2) is 0 Å². The lowest BCUT2D eigenvalue weighted by Gasteiger charge is -2.11. The van der Waals surface area contributed by atoms with E-state index in [1.807, 2.05) is 6.07 Å². The Kier molecular flexibility index (Phi) is 8.82. The molecule has 6 heteroatoms. The molecule has 1 heterocycles. The second-order valence-electron chi connectivity index (χ2n) is 4.80. The molecule has 2 rings (SSSR count). The summed E-state index contributed by atoms with van der Waals surface area (Å²) in [5.74, 6) is 0.819. The molecule has 0 saturated carbocycles. The third-order valence-electron chi connectivity index (χ3n) is 3.06. The number of rotatable bonds is 5. The summed E-state index contributed by atoms with van der Waals surface area (Å²) in [7, 11) is 1.79. The lowest BCUT2D eigenvalue weighted by atomic mass is 10.1. The summed E-state index contributed by atoms with van der Waals surface area (Å²) < 4.78 is 0.840. The first-order chi connectivity index (χ1) is 10.2. The van der Waals surface area contributed by atoms with Gasteiger partial charge in [-0.1, -0.05) is 41.4 Å². The van der Waals surface area contributed by atoms with Crippen molar-refractivity contribution in [3.63, 3.8) is 0 Å². The molecule has 0 aliphatic heterocycles. The summed E-state index contributed by atoms with van der Waals surface area (Å²) in [6, 6.07) is 12.5. The molecule has 0 spiro atoms. The second-order valence-corrected chi connectivity index (χ2v) is 6.60. The van der Waals surface area contributed by atoms with Crippen LogP contribution in [0.25, 0.3) is 0 Å². The fraction of sp³-hybridized carbons (Fsp3) is 0.312. The van der Waals surface area contributed by atoms with Gasteiger partial charge in [-0.05, 0) is 31.0 Å². The lowest BCUT2D eigenvalue weighted by Crippen LogP contribution is -2.37. The third kappa shape index (κ3) is 6.54. The van der Waals surface area contributed by atoms with Gasteiger partial charge in [0.15, 0.2) is 5.96 Å². The zero-order valence-electron chi connectivity index (χ0n) is 12.7. The number of benzene rings is 1. The van der Waals surface area contributed by atoms with Crippen LogP contribution in [-0.4, -0.2) is 19.6 Å². The number of thiophene rings is 1. The van der Waals surface area contributed by atoms with E-state index < -0.39 is 0 Å². The van der Waals surface area contributed by atoms with Crippen LogP contribution < -0.4 is 10.6 Å². The highest BCUT2D eigenvalue weighted by molar-refractivity contribution is 14.0. The molecule has 3 nitrogen and oxygen atoms in total. The van der Waals surface area contributed by atoms with Crippen molar-refractivity contribution in [2.24, 2.45) is 4.99 Å². The van der Waals surface area contributed by atoms with Crippen molar-refractivity contribution in [3.05, 3.63) is 56.7 Å². The minimum absolute atomic E-state index is 0. The van der Waals surface area contributed by atoms with Crippen molar-refractivity contribution >= 4 is 52.9 Å². The van der Waals surface area contributed by atoms with Gasteiger partial charge in [-0.3, -0.25) is 4.99 Å². The Morgan fingerprint density at radius 1 is 1.23 bits per heavy atom. The predicted octanol–water partition coefficient (Wildman–Crippen LogP) is 4.24. The molecule has 22 heavy (non-hydrogen) atoms. The molecule has 0 bridgehead atoms. The van der Waals surface area contributed by atoms with E-state index in [2.05, 4.69) is 52.9 Å². The van der Waals surface area contributed by atoms with Gasteiger partial charge < -0.3 is 10.6 Å². The molecule has 2 N–H and O–H groups in total. The smallest absolute Gasteiger partial charge is 0.191 e. The first-order valence-electron chi connectivity index (χ1n) is 6.91. The van der Waals surface area contributed by atoms with E-state index in [0.717, 1.165) is 29.8 Å². The van der Waals surface area contributed by atoms with Crippen molar-refractivity contribution in [2.75, 3.05) is 13.6 Å². The van der Waals surface area contributed by atoms with E-state index >= 15 is 0 Å². The molecule has 0 aliphatic rings. The van der Waals surface area contributed by atoms with E-state index in [1.54, 1.807) is 18.4 Å². The van der Waals surface area contributed by atoms with Gasteiger partial charge in [0.2, 0.25) is 0 Å².